The number of amides is 1. The van der Waals surface area contributed by atoms with E-state index in [4.69, 9.17) is 4.74 Å². The van der Waals surface area contributed by atoms with Crippen LogP contribution < -0.4 is 10.6 Å². The van der Waals surface area contributed by atoms with Gasteiger partial charge in [0.05, 0.1) is 0 Å². The van der Waals surface area contributed by atoms with Crippen LogP contribution in [-0.4, -0.2) is 32.1 Å². The van der Waals surface area contributed by atoms with Crippen molar-refractivity contribution in [2.45, 2.75) is 31.4 Å². The third kappa shape index (κ3) is 4.78. The number of ether oxygens (including phenoxy) is 1. The van der Waals surface area contributed by atoms with E-state index in [0.717, 1.165) is 18.5 Å². The summed E-state index contributed by atoms with van der Waals surface area (Å²) in [5.41, 5.74) is 0.890. The molecule has 1 aliphatic rings. The minimum absolute atomic E-state index is 0. The van der Waals surface area contributed by atoms with Gasteiger partial charge in [0.1, 0.15) is 0 Å². The molecule has 2 N–H and O–H groups in total. The molecule has 1 saturated heterocycles. The highest BCUT2D eigenvalue weighted by atomic mass is 35.5. The monoisotopic (exact) mass is 298 g/mol. The summed E-state index contributed by atoms with van der Waals surface area (Å²) in [6.45, 7) is 1.80. The quantitative estimate of drug-likeness (QED) is 0.845. The summed E-state index contributed by atoms with van der Waals surface area (Å²) >= 11 is 0. The molecule has 1 aliphatic heterocycles. The van der Waals surface area contributed by atoms with Crippen LogP contribution in [0.3, 0.4) is 0 Å². The molecule has 1 amide bonds. The Bertz CT molecular complexity index is 394. The topological polar surface area (TPSA) is 50.4 Å². The van der Waals surface area contributed by atoms with Gasteiger partial charge in [-0.3, -0.25) is 4.79 Å². The molecule has 0 radical (unpaired) electrons. The molecule has 0 spiro atoms. The van der Waals surface area contributed by atoms with Crippen LogP contribution in [0.1, 0.15) is 30.9 Å². The van der Waals surface area contributed by atoms with Crippen molar-refractivity contribution in [2.24, 2.45) is 0 Å². The van der Waals surface area contributed by atoms with Crippen molar-refractivity contribution < 1.29 is 9.53 Å². The molecule has 1 aromatic rings. The Morgan fingerprint density at radius 2 is 2.20 bits per heavy atom. The highest BCUT2D eigenvalue weighted by Gasteiger charge is 2.20. The van der Waals surface area contributed by atoms with Gasteiger partial charge in [-0.25, -0.2) is 0 Å². The SMILES string of the molecule is COC(C(=O)NCC[C@H]1CCCN1)c1ccccc1.Cl. The van der Waals surface area contributed by atoms with Crippen LogP contribution in [0.5, 0.6) is 0 Å². The van der Waals surface area contributed by atoms with Gasteiger partial charge in [0.25, 0.3) is 5.91 Å². The van der Waals surface area contributed by atoms with Crippen molar-refractivity contribution in [1.29, 1.82) is 0 Å². The van der Waals surface area contributed by atoms with E-state index in [2.05, 4.69) is 10.6 Å². The highest BCUT2D eigenvalue weighted by molar-refractivity contribution is 5.85. The Balaban J connectivity index is 0.00000200. The normalized spacial score (nSPS) is 19.1. The van der Waals surface area contributed by atoms with Gasteiger partial charge < -0.3 is 15.4 Å². The fourth-order valence-corrected chi connectivity index (χ4v) is 2.49. The number of hydrogen-bond donors (Lipinski definition) is 2. The highest BCUT2D eigenvalue weighted by Crippen LogP contribution is 2.16. The zero-order valence-electron chi connectivity index (χ0n) is 11.8. The van der Waals surface area contributed by atoms with Crippen molar-refractivity contribution in [3.63, 3.8) is 0 Å². The van der Waals surface area contributed by atoms with E-state index >= 15 is 0 Å². The van der Waals surface area contributed by atoms with E-state index in [-0.39, 0.29) is 18.3 Å². The Morgan fingerprint density at radius 3 is 2.80 bits per heavy atom. The molecule has 2 rings (SSSR count). The number of carbonyl (C=O) groups excluding carboxylic acids is 1. The number of halogens is 1. The van der Waals surface area contributed by atoms with Gasteiger partial charge in [-0.05, 0) is 31.4 Å². The minimum atomic E-state index is -0.516. The van der Waals surface area contributed by atoms with E-state index in [0.29, 0.717) is 12.6 Å². The second kappa shape index (κ2) is 8.95. The van der Waals surface area contributed by atoms with Crippen LogP contribution >= 0.6 is 12.4 Å². The van der Waals surface area contributed by atoms with Gasteiger partial charge in [0.15, 0.2) is 6.10 Å². The zero-order valence-corrected chi connectivity index (χ0v) is 12.6. The van der Waals surface area contributed by atoms with E-state index < -0.39 is 6.10 Å². The molecule has 20 heavy (non-hydrogen) atoms. The summed E-state index contributed by atoms with van der Waals surface area (Å²) in [6, 6.07) is 10.1. The smallest absolute Gasteiger partial charge is 0.253 e. The molecule has 1 aromatic carbocycles. The Kier molecular flexibility index (Phi) is 7.59. The molecular formula is C15H23ClN2O2. The van der Waals surface area contributed by atoms with E-state index in [1.165, 1.54) is 12.8 Å². The maximum Gasteiger partial charge on any atom is 0.253 e. The number of benzene rings is 1. The van der Waals surface area contributed by atoms with Crippen LogP contribution in [0.2, 0.25) is 0 Å². The molecule has 4 nitrogen and oxygen atoms in total. The third-order valence-electron chi connectivity index (χ3n) is 3.53. The molecule has 1 unspecified atom stereocenters. The Morgan fingerprint density at radius 1 is 1.45 bits per heavy atom. The average molecular weight is 299 g/mol. The first-order valence-electron chi connectivity index (χ1n) is 6.90. The van der Waals surface area contributed by atoms with Crippen LogP contribution in [0.4, 0.5) is 0 Å². The summed E-state index contributed by atoms with van der Waals surface area (Å²) in [4.78, 5) is 12.1. The largest absolute Gasteiger partial charge is 0.367 e. The van der Waals surface area contributed by atoms with Crippen LogP contribution in [0, 0.1) is 0 Å². The standard InChI is InChI=1S/C15H22N2O2.ClH/c1-19-14(12-6-3-2-4-7-12)15(18)17-11-9-13-8-5-10-16-13;/h2-4,6-7,13-14,16H,5,8-11H2,1H3,(H,17,18);1H/t13-,14?;/m1./s1. The molecule has 112 valence electrons. The van der Waals surface area contributed by atoms with Crippen molar-refractivity contribution in [3.8, 4) is 0 Å². The van der Waals surface area contributed by atoms with Crippen molar-refractivity contribution in [3.05, 3.63) is 35.9 Å². The first kappa shape index (κ1) is 17.0. The van der Waals surface area contributed by atoms with Gasteiger partial charge in [-0.1, -0.05) is 30.3 Å². The van der Waals surface area contributed by atoms with Gasteiger partial charge in [0.2, 0.25) is 0 Å². The van der Waals surface area contributed by atoms with Gasteiger partial charge in [-0.2, -0.15) is 0 Å². The first-order chi connectivity index (χ1) is 9.31. The van der Waals surface area contributed by atoms with Crippen LogP contribution in [0.25, 0.3) is 0 Å². The number of hydrogen-bond acceptors (Lipinski definition) is 3. The summed E-state index contributed by atoms with van der Waals surface area (Å²) in [5.74, 6) is -0.0632. The summed E-state index contributed by atoms with van der Waals surface area (Å²) in [6.07, 6.45) is 2.92. The minimum Gasteiger partial charge on any atom is -0.367 e. The predicted octanol–water partition coefficient (Wildman–Crippen LogP) is 2.05. The van der Waals surface area contributed by atoms with Gasteiger partial charge in [-0.15, -0.1) is 12.4 Å². The number of rotatable bonds is 6. The molecule has 2 atom stereocenters. The lowest BCUT2D eigenvalue weighted by molar-refractivity contribution is -0.131. The molecule has 0 bridgehead atoms. The van der Waals surface area contributed by atoms with Gasteiger partial charge in [0, 0.05) is 19.7 Å². The summed E-state index contributed by atoms with van der Waals surface area (Å²) in [7, 11) is 1.57. The van der Waals surface area contributed by atoms with E-state index in [9.17, 15) is 4.79 Å². The Hall–Kier alpha value is -1.10. The zero-order chi connectivity index (χ0) is 13.5. The third-order valence-corrected chi connectivity index (χ3v) is 3.53. The lowest BCUT2D eigenvalue weighted by atomic mass is 10.1. The van der Waals surface area contributed by atoms with E-state index in [1.807, 2.05) is 30.3 Å². The fourth-order valence-electron chi connectivity index (χ4n) is 2.49. The summed E-state index contributed by atoms with van der Waals surface area (Å²) < 4.78 is 5.29. The van der Waals surface area contributed by atoms with Crippen LogP contribution in [0.15, 0.2) is 30.3 Å². The molecule has 0 aromatic heterocycles. The maximum absolute atomic E-state index is 12.1. The number of carbonyl (C=O) groups is 1. The van der Waals surface area contributed by atoms with Gasteiger partial charge >= 0.3 is 0 Å². The molecular weight excluding hydrogens is 276 g/mol. The predicted molar refractivity (Wildman–Crippen MR) is 82.1 cm³/mol. The first-order valence-corrected chi connectivity index (χ1v) is 6.90. The maximum atomic E-state index is 12.1. The molecule has 1 heterocycles. The lowest BCUT2D eigenvalue weighted by Crippen LogP contribution is -2.34. The van der Waals surface area contributed by atoms with Crippen molar-refractivity contribution >= 4 is 18.3 Å². The number of methoxy groups -OCH3 is 1. The van der Waals surface area contributed by atoms with Crippen molar-refractivity contribution in [2.75, 3.05) is 20.2 Å². The number of nitrogens with one attached hydrogen (secondary N) is 2. The molecule has 5 heteroatoms. The fraction of sp³-hybridized carbons (Fsp3) is 0.533. The van der Waals surface area contributed by atoms with E-state index in [1.54, 1.807) is 7.11 Å². The molecule has 0 aliphatic carbocycles. The summed E-state index contributed by atoms with van der Waals surface area (Å²) in [5, 5.41) is 6.38. The average Bonchev–Trinajstić information content (AvgIpc) is 2.94. The second-order valence-electron chi connectivity index (χ2n) is 4.90. The lowest BCUT2D eigenvalue weighted by Gasteiger charge is -2.16. The Labute approximate surface area is 126 Å². The van der Waals surface area contributed by atoms with Crippen molar-refractivity contribution in [1.82, 2.24) is 10.6 Å². The van der Waals surface area contributed by atoms with Crippen LogP contribution in [-0.2, 0) is 9.53 Å². The second-order valence-corrected chi connectivity index (χ2v) is 4.90. The molecule has 0 saturated carbocycles. The molecule has 1 fully saturated rings.